The minimum Gasteiger partial charge on any atom is -0.493 e. The van der Waals surface area contributed by atoms with Crippen LogP contribution in [-0.4, -0.2) is 37.6 Å². The molecule has 1 amide bonds. The Balaban J connectivity index is 1.83. The molecule has 1 aliphatic rings. The normalized spacial score (nSPS) is 16.2. The fourth-order valence-corrected chi connectivity index (χ4v) is 3.14. The molecule has 1 aromatic rings. The topological polar surface area (TPSA) is 41.6 Å². The lowest BCUT2D eigenvalue weighted by Gasteiger charge is -2.28. The molecule has 0 bridgehead atoms. The highest BCUT2D eigenvalue weighted by atomic mass is 16.5. The van der Waals surface area contributed by atoms with Gasteiger partial charge in [0, 0.05) is 18.5 Å². The van der Waals surface area contributed by atoms with Gasteiger partial charge in [-0.05, 0) is 69.8 Å². The van der Waals surface area contributed by atoms with Gasteiger partial charge in [-0.15, -0.1) is 0 Å². The van der Waals surface area contributed by atoms with Crippen molar-refractivity contribution in [2.24, 2.45) is 11.8 Å². The first-order valence-electron chi connectivity index (χ1n) is 9.61. The molecule has 0 unspecified atom stereocenters. The predicted octanol–water partition coefficient (Wildman–Crippen LogP) is 3.77. The molecule has 0 spiro atoms. The fraction of sp³-hybridized carbons (Fsp3) is 0.667. The highest BCUT2D eigenvalue weighted by Crippen LogP contribution is 2.22. The number of piperidine rings is 1. The van der Waals surface area contributed by atoms with E-state index < -0.39 is 0 Å². The van der Waals surface area contributed by atoms with Gasteiger partial charge in [0.1, 0.15) is 5.75 Å². The van der Waals surface area contributed by atoms with E-state index in [1.165, 1.54) is 5.56 Å². The Labute approximate surface area is 152 Å². The minimum atomic E-state index is 0.156. The highest BCUT2D eigenvalue weighted by Gasteiger charge is 2.19. The molecular formula is C21H34N2O2. The summed E-state index contributed by atoms with van der Waals surface area (Å²) in [5.41, 5.74) is 2.24. The van der Waals surface area contributed by atoms with Gasteiger partial charge in [0.25, 0.3) is 0 Å². The summed E-state index contributed by atoms with van der Waals surface area (Å²) in [4.78, 5) is 14.6. The largest absolute Gasteiger partial charge is 0.493 e. The second-order valence-corrected chi connectivity index (χ2v) is 7.87. The van der Waals surface area contributed by atoms with Gasteiger partial charge >= 0.3 is 0 Å². The number of hydrogen-bond donors (Lipinski definition) is 1. The van der Waals surface area contributed by atoms with Crippen LogP contribution in [0.5, 0.6) is 5.75 Å². The summed E-state index contributed by atoms with van der Waals surface area (Å²) < 4.78 is 5.97. The van der Waals surface area contributed by atoms with E-state index in [2.05, 4.69) is 56.2 Å². The number of benzene rings is 1. The van der Waals surface area contributed by atoms with Crippen molar-refractivity contribution in [3.63, 3.8) is 0 Å². The van der Waals surface area contributed by atoms with Crippen molar-refractivity contribution in [1.29, 1.82) is 0 Å². The zero-order valence-electron chi connectivity index (χ0n) is 16.3. The number of likely N-dealkylation sites (tertiary alicyclic amines) is 1. The Kier molecular flexibility index (Phi) is 7.76. The van der Waals surface area contributed by atoms with Crippen molar-refractivity contribution in [3.05, 3.63) is 29.3 Å². The van der Waals surface area contributed by atoms with Crippen molar-refractivity contribution in [2.45, 2.75) is 53.0 Å². The smallest absolute Gasteiger partial charge is 0.220 e. The Morgan fingerprint density at radius 1 is 1.32 bits per heavy atom. The molecule has 140 valence electrons. The zero-order chi connectivity index (χ0) is 18.2. The molecule has 4 nitrogen and oxygen atoms in total. The molecular weight excluding hydrogens is 312 g/mol. The number of carbonyl (C=O) groups is 1. The Bertz CT molecular complexity index is 549. The third-order valence-corrected chi connectivity index (χ3v) is 4.96. The summed E-state index contributed by atoms with van der Waals surface area (Å²) >= 11 is 0. The quantitative estimate of drug-likeness (QED) is 0.779. The van der Waals surface area contributed by atoms with Crippen LogP contribution in [0.3, 0.4) is 0 Å². The molecule has 1 aromatic carbocycles. The van der Waals surface area contributed by atoms with E-state index in [0.29, 0.717) is 24.8 Å². The summed E-state index contributed by atoms with van der Waals surface area (Å²) in [6.45, 7) is 9.93. The maximum Gasteiger partial charge on any atom is 0.220 e. The van der Waals surface area contributed by atoms with Crippen LogP contribution in [0, 0.1) is 18.8 Å². The molecule has 25 heavy (non-hydrogen) atoms. The lowest BCUT2D eigenvalue weighted by molar-refractivity contribution is -0.122. The molecule has 1 aliphatic heterocycles. The van der Waals surface area contributed by atoms with E-state index in [1.54, 1.807) is 0 Å². The second-order valence-electron chi connectivity index (χ2n) is 7.87. The number of nitrogens with zero attached hydrogens (tertiary/aromatic N) is 1. The number of carbonyl (C=O) groups excluding carboxylic acids is 1. The Morgan fingerprint density at radius 3 is 2.72 bits per heavy atom. The highest BCUT2D eigenvalue weighted by molar-refractivity contribution is 5.76. The first-order chi connectivity index (χ1) is 11.9. The van der Waals surface area contributed by atoms with Crippen LogP contribution < -0.4 is 10.1 Å². The van der Waals surface area contributed by atoms with Gasteiger partial charge in [-0.25, -0.2) is 0 Å². The molecule has 0 atom stereocenters. The van der Waals surface area contributed by atoms with Crippen molar-refractivity contribution in [2.75, 3.05) is 26.7 Å². The summed E-state index contributed by atoms with van der Waals surface area (Å²) in [6.07, 6.45) is 3.93. The van der Waals surface area contributed by atoms with Crippen LogP contribution in [-0.2, 0) is 11.3 Å². The fourth-order valence-electron chi connectivity index (χ4n) is 3.14. The molecule has 4 heteroatoms. The summed E-state index contributed by atoms with van der Waals surface area (Å²) in [6, 6.07) is 6.21. The molecule has 0 radical (unpaired) electrons. The molecule has 2 rings (SSSR count). The monoisotopic (exact) mass is 346 g/mol. The van der Waals surface area contributed by atoms with Gasteiger partial charge in [0.2, 0.25) is 5.91 Å². The number of rotatable bonds is 8. The van der Waals surface area contributed by atoms with Crippen molar-refractivity contribution in [1.82, 2.24) is 10.2 Å². The molecule has 1 heterocycles. The first-order valence-corrected chi connectivity index (χ1v) is 9.61. The average Bonchev–Trinajstić information content (AvgIpc) is 2.56. The van der Waals surface area contributed by atoms with Crippen LogP contribution in [0.15, 0.2) is 18.2 Å². The molecule has 0 aromatic heterocycles. The van der Waals surface area contributed by atoms with Crippen LogP contribution in [0.25, 0.3) is 0 Å². The summed E-state index contributed by atoms with van der Waals surface area (Å²) in [7, 11) is 2.15. The van der Waals surface area contributed by atoms with Gasteiger partial charge in [-0.2, -0.15) is 0 Å². The van der Waals surface area contributed by atoms with Gasteiger partial charge in [-0.1, -0.05) is 26.0 Å². The lowest BCUT2D eigenvalue weighted by Crippen LogP contribution is -2.33. The third-order valence-electron chi connectivity index (χ3n) is 4.96. The van der Waals surface area contributed by atoms with Gasteiger partial charge in [-0.3, -0.25) is 4.79 Å². The Hall–Kier alpha value is -1.55. The Morgan fingerprint density at radius 2 is 2.04 bits per heavy atom. The van der Waals surface area contributed by atoms with Crippen molar-refractivity contribution in [3.8, 4) is 5.75 Å². The number of amides is 1. The van der Waals surface area contributed by atoms with E-state index in [4.69, 9.17) is 4.74 Å². The first kappa shape index (κ1) is 19.8. The van der Waals surface area contributed by atoms with Crippen molar-refractivity contribution < 1.29 is 9.53 Å². The van der Waals surface area contributed by atoms with Gasteiger partial charge in [0.15, 0.2) is 0 Å². The third kappa shape index (κ3) is 7.07. The van der Waals surface area contributed by atoms with E-state index in [9.17, 15) is 4.79 Å². The number of hydrogen-bond acceptors (Lipinski definition) is 3. The van der Waals surface area contributed by atoms with E-state index in [-0.39, 0.29) is 5.91 Å². The SMILES string of the molecule is Cc1ccc(CNC(=O)CC2CCN(C)CC2)c(OCCC(C)C)c1. The van der Waals surface area contributed by atoms with E-state index in [0.717, 1.165) is 50.3 Å². The van der Waals surface area contributed by atoms with E-state index in [1.807, 2.05) is 0 Å². The molecule has 0 aliphatic carbocycles. The van der Waals surface area contributed by atoms with Crippen LogP contribution >= 0.6 is 0 Å². The van der Waals surface area contributed by atoms with Crippen molar-refractivity contribution >= 4 is 5.91 Å². The van der Waals surface area contributed by atoms with Crippen LogP contribution in [0.4, 0.5) is 0 Å². The summed E-state index contributed by atoms with van der Waals surface area (Å²) in [5.74, 6) is 2.21. The van der Waals surface area contributed by atoms with Crippen LogP contribution in [0.2, 0.25) is 0 Å². The number of aryl methyl sites for hydroxylation is 1. The van der Waals surface area contributed by atoms with Gasteiger partial charge < -0.3 is 15.0 Å². The summed E-state index contributed by atoms with van der Waals surface area (Å²) in [5, 5.41) is 3.08. The maximum absolute atomic E-state index is 12.3. The van der Waals surface area contributed by atoms with Crippen LogP contribution in [0.1, 0.15) is 50.7 Å². The molecule has 1 saturated heterocycles. The number of ether oxygens (including phenoxy) is 1. The molecule has 0 saturated carbocycles. The standard InChI is InChI=1S/C21H34N2O2/c1-16(2)9-12-25-20-13-17(3)5-6-19(20)15-22-21(24)14-18-7-10-23(4)11-8-18/h5-6,13,16,18H,7-12,14-15H2,1-4H3,(H,22,24). The van der Waals surface area contributed by atoms with E-state index >= 15 is 0 Å². The minimum absolute atomic E-state index is 0.156. The predicted molar refractivity (Wildman–Crippen MR) is 103 cm³/mol. The van der Waals surface area contributed by atoms with Gasteiger partial charge in [0.05, 0.1) is 6.61 Å². The average molecular weight is 347 g/mol. The molecule has 1 fully saturated rings. The zero-order valence-corrected chi connectivity index (χ0v) is 16.3. The molecule has 1 N–H and O–H groups in total. The second kappa shape index (κ2) is 9.81. The maximum atomic E-state index is 12.3. The lowest BCUT2D eigenvalue weighted by atomic mass is 9.93. The number of nitrogens with one attached hydrogen (secondary N) is 1.